The molecule has 0 amide bonds. The highest BCUT2D eigenvalue weighted by molar-refractivity contribution is 7.89. The van der Waals surface area contributed by atoms with Crippen LogP contribution >= 0.6 is 0 Å². The van der Waals surface area contributed by atoms with Crippen molar-refractivity contribution in [2.75, 3.05) is 19.6 Å². The summed E-state index contributed by atoms with van der Waals surface area (Å²) in [5.41, 5.74) is -0.359. The zero-order chi connectivity index (χ0) is 14.8. The van der Waals surface area contributed by atoms with Gasteiger partial charge in [0.1, 0.15) is 0 Å². The summed E-state index contributed by atoms with van der Waals surface area (Å²) in [7, 11) is -3.66. The molecule has 1 saturated heterocycles. The molecule has 0 bridgehead atoms. The van der Waals surface area contributed by atoms with Crippen molar-refractivity contribution in [1.29, 1.82) is 0 Å². The predicted molar refractivity (Wildman–Crippen MR) is 74.9 cm³/mol. The SMILES string of the molecule is CCn1nc(C)cc1S(=O)(=O)NCC1(O)CCCNC1. The van der Waals surface area contributed by atoms with E-state index in [1.165, 1.54) is 10.7 Å². The van der Waals surface area contributed by atoms with Crippen molar-refractivity contribution in [2.45, 2.75) is 43.9 Å². The van der Waals surface area contributed by atoms with E-state index < -0.39 is 15.6 Å². The number of aliphatic hydroxyl groups is 1. The molecule has 1 aromatic heterocycles. The summed E-state index contributed by atoms with van der Waals surface area (Å²) < 4.78 is 28.6. The molecule has 3 N–H and O–H groups in total. The van der Waals surface area contributed by atoms with Gasteiger partial charge in [-0.3, -0.25) is 4.68 Å². The number of hydrogen-bond acceptors (Lipinski definition) is 5. The van der Waals surface area contributed by atoms with Crippen molar-refractivity contribution >= 4 is 10.0 Å². The molecule has 1 aromatic rings. The van der Waals surface area contributed by atoms with Gasteiger partial charge in [0, 0.05) is 19.6 Å². The topological polar surface area (TPSA) is 96.2 Å². The molecule has 7 nitrogen and oxygen atoms in total. The molecule has 8 heteroatoms. The maximum Gasteiger partial charge on any atom is 0.257 e. The van der Waals surface area contributed by atoms with E-state index in [4.69, 9.17) is 0 Å². The van der Waals surface area contributed by atoms with E-state index in [-0.39, 0.29) is 11.6 Å². The summed E-state index contributed by atoms with van der Waals surface area (Å²) in [5, 5.41) is 17.7. The van der Waals surface area contributed by atoms with E-state index in [1.54, 1.807) is 6.92 Å². The first-order chi connectivity index (χ1) is 9.36. The van der Waals surface area contributed by atoms with E-state index in [2.05, 4.69) is 15.1 Å². The summed E-state index contributed by atoms with van der Waals surface area (Å²) in [6, 6.07) is 1.54. The Kier molecular flexibility index (Phi) is 4.48. The third-order valence-electron chi connectivity index (χ3n) is 3.48. The van der Waals surface area contributed by atoms with E-state index >= 15 is 0 Å². The summed E-state index contributed by atoms with van der Waals surface area (Å²) in [4.78, 5) is 0. The maximum absolute atomic E-state index is 12.3. The second-order valence-corrected chi connectivity index (χ2v) is 6.98. The Balaban J connectivity index is 2.11. The minimum Gasteiger partial charge on any atom is -0.387 e. The molecule has 1 unspecified atom stereocenters. The standard InChI is InChI=1S/C12H22N4O3S/c1-3-16-11(7-10(2)15-16)20(18,19)14-9-12(17)5-4-6-13-8-12/h7,13-14,17H,3-6,8-9H2,1-2H3. The molecular formula is C12H22N4O3S. The first kappa shape index (κ1) is 15.4. The second kappa shape index (κ2) is 5.80. The van der Waals surface area contributed by atoms with Gasteiger partial charge in [0.25, 0.3) is 10.0 Å². The Morgan fingerprint density at radius 2 is 2.35 bits per heavy atom. The van der Waals surface area contributed by atoms with Crippen LogP contribution in [0.2, 0.25) is 0 Å². The fourth-order valence-corrected chi connectivity index (χ4v) is 3.75. The average Bonchev–Trinajstić information content (AvgIpc) is 2.80. The molecule has 2 heterocycles. The van der Waals surface area contributed by atoms with Crippen LogP contribution in [0, 0.1) is 6.92 Å². The van der Waals surface area contributed by atoms with Crippen LogP contribution in [0.25, 0.3) is 0 Å². The molecule has 0 radical (unpaired) electrons. The minimum atomic E-state index is -3.66. The number of aromatic nitrogens is 2. The molecule has 0 aromatic carbocycles. The quantitative estimate of drug-likeness (QED) is 0.688. The van der Waals surface area contributed by atoms with Crippen LogP contribution in [-0.2, 0) is 16.6 Å². The molecule has 1 atom stereocenters. The minimum absolute atomic E-state index is 0.0102. The van der Waals surface area contributed by atoms with Gasteiger partial charge in [-0.15, -0.1) is 0 Å². The lowest BCUT2D eigenvalue weighted by molar-refractivity contribution is 0.0218. The van der Waals surface area contributed by atoms with Gasteiger partial charge in [-0.2, -0.15) is 5.10 Å². The van der Waals surface area contributed by atoms with Crippen LogP contribution in [0.4, 0.5) is 0 Å². The zero-order valence-corrected chi connectivity index (χ0v) is 12.7. The Morgan fingerprint density at radius 3 is 2.95 bits per heavy atom. The van der Waals surface area contributed by atoms with Crippen LogP contribution in [-0.4, -0.2) is 48.5 Å². The van der Waals surface area contributed by atoms with Crippen LogP contribution in [0.5, 0.6) is 0 Å². The summed E-state index contributed by atoms with van der Waals surface area (Å²) >= 11 is 0. The van der Waals surface area contributed by atoms with Crippen molar-refractivity contribution in [1.82, 2.24) is 19.8 Å². The Hall–Kier alpha value is -0.960. The number of hydrogen-bond donors (Lipinski definition) is 3. The number of β-amino-alcohol motifs (C(OH)–C–C–N with tert-alkyl or cyclic N) is 1. The largest absolute Gasteiger partial charge is 0.387 e. The molecule has 1 fully saturated rings. The molecular weight excluding hydrogens is 280 g/mol. The number of nitrogens with one attached hydrogen (secondary N) is 2. The van der Waals surface area contributed by atoms with Crippen LogP contribution in [0.1, 0.15) is 25.5 Å². The van der Waals surface area contributed by atoms with Crippen molar-refractivity contribution in [3.8, 4) is 0 Å². The van der Waals surface area contributed by atoms with Gasteiger partial charge >= 0.3 is 0 Å². The lowest BCUT2D eigenvalue weighted by atomic mass is 9.95. The number of rotatable bonds is 5. The van der Waals surface area contributed by atoms with Crippen molar-refractivity contribution < 1.29 is 13.5 Å². The number of piperidine rings is 1. The van der Waals surface area contributed by atoms with E-state index in [9.17, 15) is 13.5 Å². The first-order valence-corrected chi connectivity index (χ1v) is 8.32. The van der Waals surface area contributed by atoms with Crippen molar-refractivity contribution in [3.05, 3.63) is 11.8 Å². The monoisotopic (exact) mass is 302 g/mol. The van der Waals surface area contributed by atoms with Gasteiger partial charge in [-0.05, 0) is 39.3 Å². The average molecular weight is 302 g/mol. The normalized spacial score (nSPS) is 23.9. The number of sulfonamides is 1. The molecule has 1 aliphatic heterocycles. The maximum atomic E-state index is 12.3. The van der Waals surface area contributed by atoms with Gasteiger partial charge in [0.05, 0.1) is 11.3 Å². The fraction of sp³-hybridized carbons (Fsp3) is 0.750. The van der Waals surface area contributed by atoms with Crippen molar-refractivity contribution in [3.63, 3.8) is 0 Å². The molecule has 0 aliphatic carbocycles. The lowest BCUT2D eigenvalue weighted by Crippen LogP contribution is -2.52. The van der Waals surface area contributed by atoms with Crippen molar-refractivity contribution in [2.24, 2.45) is 0 Å². The number of aryl methyl sites for hydroxylation is 2. The highest BCUT2D eigenvalue weighted by Crippen LogP contribution is 2.17. The Labute approximate surface area is 119 Å². The molecule has 20 heavy (non-hydrogen) atoms. The Morgan fingerprint density at radius 1 is 1.60 bits per heavy atom. The predicted octanol–water partition coefficient (Wildman–Crippen LogP) is -0.396. The van der Waals surface area contributed by atoms with Gasteiger partial charge in [-0.1, -0.05) is 0 Å². The summed E-state index contributed by atoms with van der Waals surface area (Å²) in [6.07, 6.45) is 1.43. The van der Waals surface area contributed by atoms with Gasteiger partial charge < -0.3 is 10.4 Å². The van der Waals surface area contributed by atoms with Crippen LogP contribution in [0.15, 0.2) is 11.1 Å². The third-order valence-corrected chi connectivity index (χ3v) is 4.88. The van der Waals surface area contributed by atoms with Gasteiger partial charge in [0.15, 0.2) is 5.03 Å². The van der Waals surface area contributed by atoms with E-state index in [0.717, 1.165) is 13.0 Å². The van der Waals surface area contributed by atoms with Gasteiger partial charge in [-0.25, -0.2) is 13.1 Å². The van der Waals surface area contributed by atoms with Crippen LogP contribution < -0.4 is 10.0 Å². The first-order valence-electron chi connectivity index (χ1n) is 6.83. The smallest absolute Gasteiger partial charge is 0.257 e. The van der Waals surface area contributed by atoms with E-state index in [1.807, 2.05) is 6.92 Å². The summed E-state index contributed by atoms with van der Waals surface area (Å²) in [6.45, 7) is 5.35. The van der Waals surface area contributed by atoms with Crippen LogP contribution in [0.3, 0.4) is 0 Å². The number of nitrogens with zero attached hydrogens (tertiary/aromatic N) is 2. The molecule has 114 valence electrons. The lowest BCUT2D eigenvalue weighted by Gasteiger charge is -2.32. The fourth-order valence-electron chi connectivity index (χ4n) is 2.37. The molecule has 0 spiro atoms. The van der Waals surface area contributed by atoms with E-state index in [0.29, 0.717) is 25.2 Å². The third kappa shape index (κ3) is 3.38. The van der Waals surface area contributed by atoms with Gasteiger partial charge in [0.2, 0.25) is 0 Å². The summed E-state index contributed by atoms with van der Waals surface area (Å²) in [5.74, 6) is 0. The molecule has 0 saturated carbocycles. The highest BCUT2D eigenvalue weighted by atomic mass is 32.2. The Bertz CT molecular complexity index is 561. The molecule has 1 aliphatic rings. The second-order valence-electron chi connectivity index (χ2n) is 5.27. The molecule has 2 rings (SSSR count). The zero-order valence-electron chi connectivity index (χ0n) is 11.9. The highest BCUT2D eigenvalue weighted by Gasteiger charge is 2.31.